The lowest BCUT2D eigenvalue weighted by molar-refractivity contribution is -0.130. The van der Waals surface area contributed by atoms with Gasteiger partial charge in [-0.25, -0.2) is 19.0 Å². The molecule has 1 saturated heterocycles. The molecule has 2 aromatic carbocycles. The van der Waals surface area contributed by atoms with Gasteiger partial charge < -0.3 is 9.80 Å². The van der Waals surface area contributed by atoms with Crippen molar-refractivity contribution in [2.75, 3.05) is 31.1 Å². The fourth-order valence-electron chi connectivity index (χ4n) is 4.92. The van der Waals surface area contributed by atoms with Crippen molar-refractivity contribution in [1.82, 2.24) is 24.6 Å². The lowest BCUT2D eigenvalue weighted by Crippen LogP contribution is -2.37. The number of benzene rings is 2. The molecule has 9 heteroatoms. The maximum Gasteiger partial charge on any atom is 0.245 e. The number of anilines is 1. The van der Waals surface area contributed by atoms with E-state index in [1.165, 1.54) is 12.1 Å². The first-order valence-electron chi connectivity index (χ1n) is 13.2. The molecule has 7 nitrogen and oxygen atoms in total. The predicted octanol–water partition coefficient (Wildman–Crippen LogP) is 5.62. The highest BCUT2D eigenvalue weighted by Crippen LogP contribution is 2.31. The molecule has 3 heterocycles. The number of halogens is 2. The van der Waals surface area contributed by atoms with Crippen LogP contribution in [0.3, 0.4) is 0 Å². The Kier molecular flexibility index (Phi) is 7.88. The summed E-state index contributed by atoms with van der Waals surface area (Å²) in [6, 6.07) is 15.8. The van der Waals surface area contributed by atoms with Crippen molar-refractivity contribution in [3.05, 3.63) is 77.5 Å². The van der Waals surface area contributed by atoms with E-state index in [1.54, 1.807) is 16.8 Å². The second-order valence-electron chi connectivity index (χ2n) is 9.68. The number of carbonyl (C=O) groups excluding carboxylic acids is 1. The van der Waals surface area contributed by atoms with E-state index in [4.69, 9.17) is 26.7 Å². The Morgan fingerprint density at radius 2 is 1.79 bits per heavy atom. The van der Waals surface area contributed by atoms with Gasteiger partial charge in [0.05, 0.1) is 16.8 Å². The first kappa shape index (κ1) is 26.1. The second-order valence-corrected chi connectivity index (χ2v) is 10.1. The van der Waals surface area contributed by atoms with Crippen molar-refractivity contribution in [2.45, 2.75) is 44.9 Å². The maximum atomic E-state index is 13.6. The minimum atomic E-state index is -0.703. The fourth-order valence-corrected chi connectivity index (χ4v) is 5.20. The van der Waals surface area contributed by atoms with Gasteiger partial charge in [0.25, 0.3) is 0 Å². The largest absolute Gasteiger partial charge is 0.354 e. The lowest BCUT2D eigenvalue weighted by Gasteiger charge is -2.25. The molecule has 4 aromatic rings. The molecule has 1 aliphatic heterocycles. The molecule has 198 valence electrons. The molecule has 0 spiro atoms. The maximum absolute atomic E-state index is 13.6. The van der Waals surface area contributed by atoms with Gasteiger partial charge in [-0.1, -0.05) is 43.7 Å². The summed E-state index contributed by atoms with van der Waals surface area (Å²) in [6.45, 7) is 6.66. The Labute approximate surface area is 227 Å². The molecule has 0 aliphatic carbocycles. The predicted molar refractivity (Wildman–Crippen MR) is 148 cm³/mol. The van der Waals surface area contributed by atoms with Gasteiger partial charge in [-0.3, -0.25) is 4.79 Å². The summed E-state index contributed by atoms with van der Waals surface area (Å²) in [7, 11) is 0. The third-order valence-corrected chi connectivity index (χ3v) is 7.41. The summed E-state index contributed by atoms with van der Waals surface area (Å²) in [5.74, 6) is 1.24. The van der Waals surface area contributed by atoms with E-state index in [9.17, 15) is 9.18 Å². The van der Waals surface area contributed by atoms with Crippen LogP contribution in [0.2, 0.25) is 0 Å². The molecule has 1 fully saturated rings. The molecule has 0 bridgehead atoms. The van der Waals surface area contributed by atoms with E-state index in [0.717, 1.165) is 66.2 Å². The smallest absolute Gasteiger partial charge is 0.245 e. The quantitative estimate of drug-likeness (QED) is 0.288. The first-order valence-corrected chi connectivity index (χ1v) is 13.6. The normalized spacial score (nSPS) is 15.1. The van der Waals surface area contributed by atoms with Crippen LogP contribution in [0, 0.1) is 12.7 Å². The van der Waals surface area contributed by atoms with Crippen LogP contribution < -0.4 is 4.90 Å². The van der Waals surface area contributed by atoms with Crippen LogP contribution in [0.15, 0.2) is 54.6 Å². The highest BCUT2D eigenvalue weighted by atomic mass is 35.5. The average molecular weight is 535 g/mol. The van der Waals surface area contributed by atoms with E-state index in [1.807, 2.05) is 42.2 Å². The minimum absolute atomic E-state index is 0.0727. The molecule has 5 rings (SSSR count). The Morgan fingerprint density at radius 3 is 2.53 bits per heavy atom. The van der Waals surface area contributed by atoms with Crippen LogP contribution in [0.5, 0.6) is 0 Å². The van der Waals surface area contributed by atoms with Gasteiger partial charge in [0.15, 0.2) is 5.65 Å². The summed E-state index contributed by atoms with van der Waals surface area (Å²) < 4.78 is 15.4. The number of aryl methyl sites for hydroxylation is 2. The van der Waals surface area contributed by atoms with Gasteiger partial charge in [-0.05, 0) is 49.6 Å². The zero-order valence-corrected chi connectivity index (χ0v) is 22.5. The SMILES string of the molecule is CCCCc1nc(N2CCCN(C(=O)C(Cl)c3ccccc3)CC2)c2c(C)nn(-c3ccc(F)cc3)c2n1. The molecule has 1 aliphatic rings. The van der Waals surface area contributed by atoms with Gasteiger partial charge in [-0.2, -0.15) is 5.10 Å². The van der Waals surface area contributed by atoms with E-state index in [-0.39, 0.29) is 11.7 Å². The number of fused-ring (bicyclic) bond motifs is 1. The lowest BCUT2D eigenvalue weighted by atomic mass is 10.1. The number of amides is 1. The summed E-state index contributed by atoms with van der Waals surface area (Å²) in [6.07, 6.45) is 3.57. The third kappa shape index (κ3) is 5.36. The van der Waals surface area contributed by atoms with E-state index >= 15 is 0 Å². The van der Waals surface area contributed by atoms with Crippen LogP contribution >= 0.6 is 11.6 Å². The van der Waals surface area contributed by atoms with Gasteiger partial charge in [-0.15, -0.1) is 11.6 Å². The van der Waals surface area contributed by atoms with Crippen LogP contribution in [0.4, 0.5) is 10.2 Å². The van der Waals surface area contributed by atoms with Crippen molar-refractivity contribution < 1.29 is 9.18 Å². The minimum Gasteiger partial charge on any atom is -0.354 e. The van der Waals surface area contributed by atoms with Crippen LogP contribution in [-0.4, -0.2) is 56.7 Å². The Morgan fingerprint density at radius 1 is 1.03 bits per heavy atom. The summed E-state index contributed by atoms with van der Waals surface area (Å²) in [4.78, 5) is 27.2. The molecule has 1 atom stereocenters. The van der Waals surface area contributed by atoms with Gasteiger partial charge >= 0.3 is 0 Å². The number of carbonyl (C=O) groups is 1. The van der Waals surface area contributed by atoms with Crippen LogP contribution in [-0.2, 0) is 11.2 Å². The van der Waals surface area contributed by atoms with Crippen LogP contribution in [0.25, 0.3) is 16.7 Å². The molecular weight excluding hydrogens is 503 g/mol. The topological polar surface area (TPSA) is 67.2 Å². The Bertz CT molecular complexity index is 1410. The highest BCUT2D eigenvalue weighted by Gasteiger charge is 2.28. The monoisotopic (exact) mass is 534 g/mol. The van der Waals surface area contributed by atoms with Crippen molar-refractivity contribution in [2.24, 2.45) is 0 Å². The average Bonchev–Trinajstić information content (AvgIpc) is 3.11. The number of nitrogens with zero attached hydrogens (tertiary/aromatic N) is 6. The number of unbranched alkanes of at least 4 members (excludes halogenated alkanes) is 1. The van der Waals surface area contributed by atoms with Crippen LogP contribution in [0.1, 0.15) is 48.6 Å². The number of hydrogen-bond donors (Lipinski definition) is 0. The van der Waals surface area contributed by atoms with E-state index < -0.39 is 5.38 Å². The third-order valence-electron chi connectivity index (χ3n) is 6.97. The van der Waals surface area contributed by atoms with Gasteiger partial charge in [0.2, 0.25) is 5.91 Å². The van der Waals surface area contributed by atoms with Crippen molar-refractivity contribution in [3.63, 3.8) is 0 Å². The molecule has 0 radical (unpaired) electrons. The zero-order valence-electron chi connectivity index (χ0n) is 21.8. The number of rotatable bonds is 7. The molecule has 38 heavy (non-hydrogen) atoms. The summed E-state index contributed by atoms with van der Waals surface area (Å²) >= 11 is 6.58. The first-order chi connectivity index (χ1) is 18.5. The number of hydrogen-bond acceptors (Lipinski definition) is 5. The number of alkyl halides is 1. The molecule has 0 N–H and O–H groups in total. The van der Waals surface area contributed by atoms with Crippen molar-refractivity contribution in [3.8, 4) is 5.69 Å². The fraction of sp³-hybridized carbons (Fsp3) is 0.379. The molecule has 0 saturated carbocycles. The Hall–Kier alpha value is -3.52. The summed E-state index contributed by atoms with van der Waals surface area (Å²) in [5, 5.41) is 4.95. The molecule has 1 unspecified atom stereocenters. The Balaban J connectivity index is 1.46. The summed E-state index contributed by atoms with van der Waals surface area (Å²) in [5.41, 5.74) is 3.08. The highest BCUT2D eigenvalue weighted by molar-refractivity contribution is 6.30. The number of aromatic nitrogens is 4. The van der Waals surface area contributed by atoms with Gasteiger partial charge in [0.1, 0.15) is 22.8 Å². The zero-order chi connectivity index (χ0) is 26.6. The molecule has 2 aromatic heterocycles. The van der Waals surface area contributed by atoms with E-state index in [0.29, 0.717) is 25.3 Å². The standard InChI is InChI=1S/C29H32ClFN6O/c1-3-4-11-24-32-27(25-20(2)34-37(28(25)33-24)23-14-12-22(31)13-15-23)35-16-8-17-36(19-18-35)29(38)26(30)21-9-6-5-7-10-21/h5-7,9-10,12-15,26H,3-4,8,11,16-19H2,1-2H3. The van der Waals surface area contributed by atoms with Crippen molar-refractivity contribution in [1.29, 1.82) is 0 Å². The second kappa shape index (κ2) is 11.5. The van der Waals surface area contributed by atoms with Crippen molar-refractivity contribution >= 4 is 34.4 Å². The van der Waals surface area contributed by atoms with E-state index in [2.05, 4.69) is 11.8 Å². The molecule has 1 amide bonds. The molecular formula is C29H32ClFN6O. The van der Waals surface area contributed by atoms with Gasteiger partial charge in [0, 0.05) is 32.6 Å².